The number of rotatable bonds is 7. The quantitative estimate of drug-likeness (QED) is 0.716. The van der Waals surface area contributed by atoms with Crippen LogP contribution >= 0.6 is 0 Å². The van der Waals surface area contributed by atoms with E-state index in [1.807, 2.05) is 19.9 Å². The van der Waals surface area contributed by atoms with E-state index >= 15 is 0 Å². The highest BCUT2D eigenvalue weighted by Gasteiger charge is 2.13. The van der Waals surface area contributed by atoms with Crippen molar-refractivity contribution in [3.05, 3.63) is 24.0 Å². The van der Waals surface area contributed by atoms with Gasteiger partial charge in [-0.1, -0.05) is 0 Å². The lowest BCUT2D eigenvalue weighted by atomic mass is 10.2. The Hall–Kier alpha value is -1.62. The highest BCUT2D eigenvalue weighted by molar-refractivity contribution is 5.93. The van der Waals surface area contributed by atoms with Gasteiger partial charge in [0, 0.05) is 31.5 Å². The molecule has 1 aromatic heterocycles. The number of nitrogens with two attached hydrogens (primary N) is 1. The summed E-state index contributed by atoms with van der Waals surface area (Å²) < 4.78 is 0. The van der Waals surface area contributed by atoms with Crippen LogP contribution in [0, 0.1) is 0 Å². The third kappa shape index (κ3) is 4.00. The smallest absolute Gasteiger partial charge is 0.272 e. The van der Waals surface area contributed by atoms with Crippen molar-refractivity contribution < 1.29 is 4.79 Å². The fraction of sp³-hybridized carbons (Fsp3) is 0.538. The third-order valence-electron chi connectivity index (χ3n) is 2.74. The van der Waals surface area contributed by atoms with E-state index in [1.165, 1.54) is 0 Å². The van der Waals surface area contributed by atoms with Crippen LogP contribution in [0.25, 0.3) is 0 Å². The van der Waals surface area contributed by atoms with E-state index in [-0.39, 0.29) is 5.91 Å². The third-order valence-corrected chi connectivity index (χ3v) is 2.74. The summed E-state index contributed by atoms with van der Waals surface area (Å²) in [5, 5.41) is 3.23. The van der Waals surface area contributed by atoms with E-state index in [9.17, 15) is 4.79 Å². The summed E-state index contributed by atoms with van der Waals surface area (Å²) in [4.78, 5) is 18.0. The van der Waals surface area contributed by atoms with Crippen LogP contribution in [0.1, 0.15) is 30.8 Å². The Labute approximate surface area is 108 Å². The zero-order valence-electron chi connectivity index (χ0n) is 11.1. The first-order valence-electron chi connectivity index (χ1n) is 6.42. The molecule has 0 unspecified atom stereocenters. The van der Waals surface area contributed by atoms with E-state index in [0.29, 0.717) is 25.3 Å². The van der Waals surface area contributed by atoms with Crippen molar-refractivity contribution in [3.63, 3.8) is 0 Å². The fourth-order valence-corrected chi connectivity index (χ4v) is 1.67. The molecule has 5 nitrogen and oxygen atoms in total. The number of anilines is 1. The second-order valence-corrected chi connectivity index (χ2v) is 3.98. The molecule has 0 radical (unpaired) electrons. The van der Waals surface area contributed by atoms with Gasteiger partial charge in [0.1, 0.15) is 5.69 Å². The number of amides is 1. The van der Waals surface area contributed by atoms with Gasteiger partial charge in [-0.15, -0.1) is 0 Å². The topological polar surface area (TPSA) is 71.2 Å². The molecule has 0 saturated carbocycles. The predicted octanol–water partition coefficient (Wildman–Crippen LogP) is 1.32. The van der Waals surface area contributed by atoms with Crippen LogP contribution in [0.5, 0.6) is 0 Å². The van der Waals surface area contributed by atoms with Gasteiger partial charge < -0.3 is 16.0 Å². The average molecular weight is 250 g/mol. The van der Waals surface area contributed by atoms with Gasteiger partial charge in [0.25, 0.3) is 5.91 Å². The fourth-order valence-electron chi connectivity index (χ4n) is 1.67. The number of aromatic nitrogens is 1. The van der Waals surface area contributed by atoms with Gasteiger partial charge in [0.2, 0.25) is 0 Å². The van der Waals surface area contributed by atoms with Crippen LogP contribution in [-0.2, 0) is 0 Å². The van der Waals surface area contributed by atoms with Crippen molar-refractivity contribution in [2.24, 2.45) is 5.73 Å². The molecule has 0 saturated heterocycles. The number of carbonyl (C=O) groups is 1. The number of hydrogen-bond donors (Lipinski definition) is 2. The van der Waals surface area contributed by atoms with Crippen LogP contribution in [0.3, 0.4) is 0 Å². The maximum absolute atomic E-state index is 12.1. The predicted molar refractivity (Wildman–Crippen MR) is 73.6 cm³/mol. The number of nitrogens with zero attached hydrogens (tertiary/aromatic N) is 2. The molecule has 18 heavy (non-hydrogen) atoms. The number of pyridine rings is 1. The number of hydrogen-bond acceptors (Lipinski definition) is 4. The Morgan fingerprint density at radius 3 is 2.78 bits per heavy atom. The van der Waals surface area contributed by atoms with Gasteiger partial charge in [-0.3, -0.25) is 9.78 Å². The summed E-state index contributed by atoms with van der Waals surface area (Å²) in [5.41, 5.74) is 6.83. The highest BCUT2D eigenvalue weighted by Crippen LogP contribution is 2.10. The first-order valence-corrected chi connectivity index (χ1v) is 6.42. The second kappa shape index (κ2) is 7.66. The number of nitrogens with one attached hydrogen (secondary N) is 1. The molecule has 0 bridgehead atoms. The Kier molecular flexibility index (Phi) is 6.14. The molecule has 0 aliphatic rings. The minimum Gasteiger partial charge on any atom is -0.385 e. The molecular weight excluding hydrogens is 228 g/mol. The van der Waals surface area contributed by atoms with Gasteiger partial charge in [0.05, 0.1) is 0 Å². The zero-order chi connectivity index (χ0) is 13.4. The molecule has 1 rings (SSSR count). The standard InChI is InChI=1S/C13H22N4O/c1-3-17(4-2)13(18)12-10-11(6-9-16-12)15-8-5-7-14/h6,9-10H,3-5,7-8,14H2,1-2H3,(H,15,16). The van der Waals surface area contributed by atoms with Gasteiger partial charge in [-0.05, 0) is 38.9 Å². The molecule has 1 aromatic rings. The number of carbonyl (C=O) groups excluding carboxylic acids is 1. The van der Waals surface area contributed by atoms with Gasteiger partial charge in [-0.25, -0.2) is 0 Å². The molecule has 100 valence electrons. The van der Waals surface area contributed by atoms with Crippen LogP contribution in [0.4, 0.5) is 5.69 Å². The van der Waals surface area contributed by atoms with Crippen LogP contribution < -0.4 is 11.1 Å². The van der Waals surface area contributed by atoms with Gasteiger partial charge >= 0.3 is 0 Å². The Morgan fingerprint density at radius 2 is 2.17 bits per heavy atom. The largest absolute Gasteiger partial charge is 0.385 e. The van der Waals surface area contributed by atoms with Gasteiger partial charge in [0.15, 0.2) is 0 Å². The molecule has 0 aliphatic heterocycles. The minimum atomic E-state index is -0.0255. The van der Waals surface area contributed by atoms with Crippen molar-refractivity contribution in [2.75, 3.05) is 31.5 Å². The van der Waals surface area contributed by atoms with Crippen molar-refractivity contribution in [1.82, 2.24) is 9.88 Å². The maximum Gasteiger partial charge on any atom is 0.272 e. The van der Waals surface area contributed by atoms with E-state index in [1.54, 1.807) is 17.2 Å². The maximum atomic E-state index is 12.1. The summed E-state index contributed by atoms with van der Waals surface area (Å²) in [5.74, 6) is -0.0255. The first-order chi connectivity index (χ1) is 8.72. The van der Waals surface area contributed by atoms with Crippen LogP contribution in [-0.4, -0.2) is 42.0 Å². The van der Waals surface area contributed by atoms with Gasteiger partial charge in [-0.2, -0.15) is 0 Å². The molecule has 1 amide bonds. The lowest BCUT2D eigenvalue weighted by Crippen LogP contribution is -2.31. The SMILES string of the molecule is CCN(CC)C(=O)c1cc(NCCCN)ccn1. The summed E-state index contributed by atoms with van der Waals surface area (Å²) in [6, 6.07) is 3.65. The molecule has 1 heterocycles. The summed E-state index contributed by atoms with van der Waals surface area (Å²) in [6.07, 6.45) is 2.56. The molecule has 0 fully saturated rings. The van der Waals surface area contributed by atoms with Crippen molar-refractivity contribution in [1.29, 1.82) is 0 Å². The lowest BCUT2D eigenvalue weighted by Gasteiger charge is -2.18. The molecule has 3 N–H and O–H groups in total. The monoisotopic (exact) mass is 250 g/mol. The van der Waals surface area contributed by atoms with Crippen molar-refractivity contribution in [3.8, 4) is 0 Å². The second-order valence-electron chi connectivity index (χ2n) is 3.98. The molecule has 0 aliphatic carbocycles. The van der Waals surface area contributed by atoms with Crippen molar-refractivity contribution in [2.45, 2.75) is 20.3 Å². The molecule has 5 heteroatoms. The van der Waals surface area contributed by atoms with E-state index in [4.69, 9.17) is 5.73 Å². The zero-order valence-corrected chi connectivity index (χ0v) is 11.1. The van der Waals surface area contributed by atoms with E-state index < -0.39 is 0 Å². The highest BCUT2D eigenvalue weighted by atomic mass is 16.2. The Morgan fingerprint density at radius 1 is 1.44 bits per heavy atom. The first kappa shape index (κ1) is 14.4. The van der Waals surface area contributed by atoms with E-state index in [2.05, 4.69) is 10.3 Å². The average Bonchev–Trinajstić information content (AvgIpc) is 2.41. The molecule has 0 spiro atoms. The van der Waals surface area contributed by atoms with E-state index in [0.717, 1.165) is 18.7 Å². The normalized spacial score (nSPS) is 10.2. The van der Waals surface area contributed by atoms with Crippen molar-refractivity contribution >= 4 is 11.6 Å². The molecule has 0 aromatic carbocycles. The summed E-state index contributed by atoms with van der Waals surface area (Å²) >= 11 is 0. The lowest BCUT2D eigenvalue weighted by molar-refractivity contribution is 0.0767. The Bertz CT molecular complexity index is 377. The summed E-state index contributed by atoms with van der Waals surface area (Å²) in [7, 11) is 0. The van der Waals surface area contributed by atoms with Crippen LogP contribution in [0.15, 0.2) is 18.3 Å². The van der Waals surface area contributed by atoms with Crippen LogP contribution in [0.2, 0.25) is 0 Å². The minimum absolute atomic E-state index is 0.0255. The molecular formula is C13H22N4O. The summed E-state index contributed by atoms with van der Waals surface area (Å²) in [6.45, 7) is 6.78. The Balaban J connectivity index is 2.71. The molecule has 0 atom stereocenters.